The predicted octanol–water partition coefficient (Wildman–Crippen LogP) is 11.3. The minimum atomic E-state index is 0.890. The van der Waals surface area contributed by atoms with Gasteiger partial charge in [0, 0.05) is 79.4 Å². The first-order chi connectivity index (χ1) is 26.3. The minimum absolute atomic E-state index is 0.890. The second-order valence-electron chi connectivity index (χ2n) is 13.4. The van der Waals surface area contributed by atoms with Gasteiger partial charge in [-0.1, -0.05) is 109 Å². The van der Waals surface area contributed by atoms with E-state index in [1.807, 2.05) is 48.8 Å². The van der Waals surface area contributed by atoms with E-state index in [0.29, 0.717) is 0 Å². The maximum absolute atomic E-state index is 5.28. The summed E-state index contributed by atoms with van der Waals surface area (Å²) in [6.07, 6.45) is 7.89. The van der Waals surface area contributed by atoms with Crippen LogP contribution >= 0.6 is 0 Å². The van der Waals surface area contributed by atoms with Crippen molar-refractivity contribution in [1.82, 2.24) is 29.3 Å². The highest BCUT2D eigenvalue weighted by Gasteiger charge is 2.18. The van der Waals surface area contributed by atoms with Crippen molar-refractivity contribution in [3.8, 4) is 44.9 Å². The number of aromatic nitrogens is 6. The molecule has 53 heavy (non-hydrogen) atoms. The average Bonchev–Trinajstić information content (AvgIpc) is 3.68. The number of nitrogens with zero attached hydrogens (tertiary/aromatic N) is 6. The number of hydrogen-bond acceptors (Lipinski definition) is 5. The molecule has 0 radical (unpaired) electrons. The molecule has 0 saturated heterocycles. The van der Waals surface area contributed by atoms with Crippen LogP contribution in [0, 0.1) is 0 Å². The maximum atomic E-state index is 5.28. The summed E-state index contributed by atoms with van der Waals surface area (Å²) in [6, 6.07) is 50.4. The van der Waals surface area contributed by atoms with Gasteiger partial charge in [0.15, 0.2) is 0 Å². The van der Waals surface area contributed by atoms with E-state index < -0.39 is 0 Å². The Kier molecular flexibility index (Phi) is 6.45. The first kappa shape index (κ1) is 29.4. The molecule has 6 heteroatoms. The van der Waals surface area contributed by atoms with Crippen LogP contribution in [0.25, 0.3) is 105 Å². The number of para-hydroxylation sites is 1. The van der Waals surface area contributed by atoms with Gasteiger partial charge in [0.1, 0.15) is 5.65 Å². The van der Waals surface area contributed by atoms with Gasteiger partial charge >= 0.3 is 0 Å². The molecule has 0 amide bonds. The number of imidazole rings is 1. The van der Waals surface area contributed by atoms with Gasteiger partial charge in [0.2, 0.25) is 0 Å². The largest absolute Gasteiger partial charge is 0.306 e. The molecule has 0 atom stereocenters. The second-order valence-corrected chi connectivity index (χ2v) is 13.4. The minimum Gasteiger partial charge on any atom is -0.306 e. The molecule has 0 N–H and O–H groups in total. The molecule has 0 saturated carbocycles. The summed E-state index contributed by atoms with van der Waals surface area (Å²) >= 11 is 0. The molecule has 0 fully saturated rings. The number of fused-ring (bicyclic) bond motifs is 9. The molecule has 6 aromatic heterocycles. The molecule has 0 aliphatic heterocycles. The Bertz CT molecular complexity index is 3240. The Morgan fingerprint density at radius 3 is 2.09 bits per heavy atom. The molecule has 0 spiro atoms. The molecule has 6 nitrogen and oxygen atoms in total. The Morgan fingerprint density at radius 2 is 1.17 bits per heavy atom. The van der Waals surface area contributed by atoms with Crippen LogP contribution in [-0.2, 0) is 0 Å². The first-order valence-electron chi connectivity index (χ1n) is 17.7. The van der Waals surface area contributed by atoms with Gasteiger partial charge in [0.05, 0.1) is 39.1 Å². The van der Waals surface area contributed by atoms with E-state index in [4.69, 9.17) is 19.9 Å². The van der Waals surface area contributed by atoms with Gasteiger partial charge in [0.25, 0.3) is 0 Å². The highest BCUT2D eigenvalue weighted by Crippen LogP contribution is 2.39. The van der Waals surface area contributed by atoms with Crippen LogP contribution in [0.1, 0.15) is 0 Å². The summed E-state index contributed by atoms with van der Waals surface area (Å²) in [5.41, 5.74) is 12.6. The lowest BCUT2D eigenvalue weighted by Crippen LogP contribution is -1.94. The van der Waals surface area contributed by atoms with Crippen LogP contribution in [0.4, 0.5) is 0 Å². The third kappa shape index (κ3) is 4.70. The molecule has 5 aromatic carbocycles. The topological polar surface area (TPSA) is 68.9 Å². The van der Waals surface area contributed by atoms with Gasteiger partial charge in [-0.15, -0.1) is 0 Å². The SMILES string of the molecule is c1ccc(-c2cn3ccc4c(-c5cccc(-c6ccc(-c7ccc8ccc9cccnc9c8n7)c7cccnc67)c5)nc5ccccc5c4c3n2)cc1. The van der Waals surface area contributed by atoms with Crippen molar-refractivity contribution < 1.29 is 0 Å². The van der Waals surface area contributed by atoms with Crippen molar-refractivity contribution in [2.24, 2.45) is 0 Å². The number of pyridine rings is 5. The second kappa shape index (κ2) is 11.6. The van der Waals surface area contributed by atoms with Gasteiger partial charge < -0.3 is 4.40 Å². The lowest BCUT2D eigenvalue weighted by Gasteiger charge is -2.14. The smallest absolute Gasteiger partial charge is 0.146 e. The van der Waals surface area contributed by atoms with Crippen LogP contribution in [-0.4, -0.2) is 29.3 Å². The van der Waals surface area contributed by atoms with E-state index in [1.54, 1.807) is 0 Å². The van der Waals surface area contributed by atoms with Crippen molar-refractivity contribution >= 4 is 60.0 Å². The number of hydrogen-bond donors (Lipinski definition) is 0. The first-order valence-corrected chi connectivity index (χ1v) is 17.7. The van der Waals surface area contributed by atoms with Crippen molar-refractivity contribution in [1.29, 1.82) is 0 Å². The van der Waals surface area contributed by atoms with E-state index in [2.05, 4.69) is 131 Å². The van der Waals surface area contributed by atoms with Gasteiger partial charge in [-0.05, 0) is 42.0 Å². The fourth-order valence-electron chi connectivity index (χ4n) is 7.78. The molecule has 0 aliphatic carbocycles. The zero-order valence-corrected chi connectivity index (χ0v) is 28.3. The molecule has 0 unspecified atom stereocenters. The van der Waals surface area contributed by atoms with Crippen molar-refractivity contribution in [3.63, 3.8) is 0 Å². The van der Waals surface area contributed by atoms with Crippen molar-refractivity contribution in [3.05, 3.63) is 170 Å². The summed E-state index contributed by atoms with van der Waals surface area (Å²) in [5, 5.41) is 6.40. The van der Waals surface area contributed by atoms with E-state index in [0.717, 1.165) is 105 Å². The third-order valence-electron chi connectivity index (χ3n) is 10.3. The predicted molar refractivity (Wildman–Crippen MR) is 216 cm³/mol. The number of benzene rings is 5. The molecule has 0 aliphatic rings. The maximum Gasteiger partial charge on any atom is 0.146 e. The fourth-order valence-corrected chi connectivity index (χ4v) is 7.78. The zero-order valence-electron chi connectivity index (χ0n) is 28.3. The van der Waals surface area contributed by atoms with Crippen LogP contribution < -0.4 is 0 Å². The van der Waals surface area contributed by atoms with Crippen LogP contribution in [0.5, 0.6) is 0 Å². The summed E-state index contributed by atoms with van der Waals surface area (Å²) in [4.78, 5) is 25.2. The van der Waals surface area contributed by atoms with Crippen LogP contribution in [0.3, 0.4) is 0 Å². The fraction of sp³-hybridized carbons (Fsp3) is 0. The molecule has 11 aromatic rings. The molecular formula is C47H28N6. The van der Waals surface area contributed by atoms with E-state index in [9.17, 15) is 0 Å². The lowest BCUT2D eigenvalue weighted by atomic mass is 9.94. The summed E-state index contributed by atoms with van der Waals surface area (Å²) in [5.74, 6) is 0. The highest BCUT2D eigenvalue weighted by atomic mass is 15.0. The Labute approximate surface area is 303 Å². The highest BCUT2D eigenvalue weighted by molar-refractivity contribution is 6.17. The molecule has 11 rings (SSSR count). The van der Waals surface area contributed by atoms with Crippen LogP contribution in [0.2, 0.25) is 0 Å². The molecule has 246 valence electrons. The molecular weight excluding hydrogens is 649 g/mol. The standard InChI is InChI=1S/C47H28N6/c1-2-9-29(10-3-1)41-28-53-26-23-38-42(47(53)52-41)37-14-4-5-16-39(37)50-43(38)33-12-6-11-32(27-33)34-20-21-35(36-15-8-25-49-46(34)36)40-22-19-31-18-17-30-13-7-24-48-44(30)45(31)51-40/h1-28H. The third-order valence-corrected chi connectivity index (χ3v) is 10.3. The normalized spacial score (nSPS) is 11.8. The quantitative estimate of drug-likeness (QED) is 0.174. The Hall–Kier alpha value is -7.31. The van der Waals surface area contributed by atoms with E-state index in [-0.39, 0.29) is 0 Å². The lowest BCUT2D eigenvalue weighted by molar-refractivity contribution is 1.20. The zero-order chi connectivity index (χ0) is 34.9. The molecule has 6 heterocycles. The summed E-state index contributed by atoms with van der Waals surface area (Å²) in [6.45, 7) is 0. The monoisotopic (exact) mass is 676 g/mol. The Morgan fingerprint density at radius 1 is 0.434 bits per heavy atom. The van der Waals surface area contributed by atoms with Crippen molar-refractivity contribution in [2.45, 2.75) is 0 Å². The van der Waals surface area contributed by atoms with Gasteiger partial charge in [-0.2, -0.15) is 0 Å². The summed E-state index contributed by atoms with van der Waals surface area (Å²) < 4.78 is 2.13. The molecule has 0 bridgehead atoms. The van der Waals surface area contributed by atoms with E-state index in [1.165, 1.54) is 0 Å². The van der Waals surface area contributed by atoms with Crippen LogP contribution in [0.15, 0.2) is 170 Å². The van der Waals surface area contributed by atoms with E-state index >= 15 is 0 Å². The van der Waals surface area contributed by atoms with Gasteiger partial charge in [-0.3, -0.25) is 9.97 Å². The Balaban J connectivity index is 1.08. The average molecular weight is 677 g/mol. The number of rotatable bonds is 4. The summed E-state index contributed by atoms with van der Waals surface area (Å²) in [7, 11) is 0. The van der Waals surface area contributed by atoms with Crippen molar-refractivity contribution in [2.75, 3.05) is 0 Å². The van der Waals surface area contributed by atoms with Gasteiger partial charge in [-0.25, -0.2) is 15.0 Å².